The summed E-state index contributed by atoms with van der Waals surface area (Å²) < 4.78 is 0. The lowest BCUT2D eigenvalue weighted by atomic mass is 9.94. The van der Waals surface area contributed by atoms with Gasteiger partial charge in [-0.3, -0.25) is 4.79 Å². The molecular weight excluding hydrogens is 248 g/mol. The van der Waals surface area contributed by atoms with Gasteiger partial charge in [-0.15, -0.1) is 12.4 Å². The zero-order valence-electron chi connectivity index (χ0n) is 11.3. The van der Waals surface area contributed by atoms with Crippen LogP contribution in [-0.4, -0.2) is 30.4 Å². The van der Waals surface area contributed by atoms with Crippen molar-refractivity contribution in [3.8, 4) is 0 Å². The van der Waals surface area contributed by atoms with Crippen molar-refractivity contribution in [3.05, 3.63) is 0 Å². The monoisotopic (exact) mass is 274 g/mol. The summed E-state index contributed by atoms with van der Waals surface area (Å²) in [6.45, 7) is 2.64. The second kappa shape index (κ2) is 8.00. The smallest absolute Gasteiger partial charge is 0.226 e. The number of hydrogen-bond acceptors (Lipinski definition) is 2. The fourth-order valence-corrected chi connectivity index (χ4v) is 3.35. The molecule has 0 aromatic carbocycles. The van der Waals surface area contributed by atoms with Crippen molar-refractivity contribution >= 4 is 18.3 Å². The summed E-state index contributed by atoms with van der Waals surface area (Å²) in [6, 6.07) is 0. The lowest BCUT2D eigenvalue weighted by molar-refractivity contribution is -0.137. The SMILES string of the molecule is Cl.NC[C@H]1CCC[C@H]1C(=O)N1CCCCCCC1. The number of nitrogens with two attached hydrogens (primary N) is 1. The van der Waals surface area contributed by atoms with Crippen LogP contribution in [0, 0.1) is 11.8 Å². The summed E-state index contributed by atoms with van der Waals surface area (Å²) in [5.41, 5.74) is 5.78. The van der Waals surface area contributed by atoms with E-state index in [0.717, 1.165) is 25.9 Å². The van der Waals surface area contributed by atoms with Crippen molar-refractivity contribution in [3.63, 3.8) is 0 Å². The van der Waals surface area contributed by atoms with Crippen molar-refractivity contribution in [1.29, 1.82) is 0 Å². The predicted octanol–water partition coefficient (Wildman–Crippen LogP) is 2.58. The van der Waals surface area contributed by atoms with Crippen LogP contribution in [0.15, 0.2) is 0 Å². The van der Waals surface area contributed by atoms with Gasteiger partial charge < -0.3 is 10.6 Å². The molecule has 0 bridgehead atoms. The average molecular weight is 275 g/mol. The zero-order chi connectivity index (χ0) is 12.1. The molecule has 2 fully saturated rings. The van der Waals surface area contributed by atoms with Gasteiger partial charge in [0, 0.05) is 19.0 Å². The third kappa shape index (κ3) is 3.86. The quantitative estimate of drug-likeness (QED) is 0.841. The van der Waals surface area contributed by atoms with Gasteiger partial charge in [-0.25, -0.2) is 0 Å². The van der Waals surface area contributed by atoms with Crippen LogP contribution >= 0.6 is 12.4 Å². The Bertz CT molecular complexity index is 252. The lowest BCUT2D eigenvalue weighted by Crippen LogP contribution is -2.40. The number of nitrogens with zero attached hydrogens (tertiary/aromatic N) is 1. The molecule has 2 aliphatic rings. The van der Waals surface area contributed by atoms with Crippen molar-refractivity contribution in [2.45, 2.75) is 51.4 Å². The van der Waals surface area contributed by atoms with Gasteiger partial charge in [0.15, 0.2) is 0 Å². The van der Waals surface area contributed by atoms with Gasteiger partial charge >= 0.3 is 0 Å². The molecule has 1 saturated carbocycles. The van der Waals surface area contributed by atoms with Crippen molar-refractivity contribution in [2.24, 2.45) is 17.6 Å². The maximum atomic E-state index is 12.5. The second-order valence-electron chi connectivity index (χ2n) is 5.63. The van der Waals surface area contributed by atoms with Crippen LogP contribution in [0.5, 0.6) is 0 Å². The number of rotatable bonds is 2. The first kappa shape index (κ1) is 15.8. The van der Waals surface area contributed by atoms with E-state index in [-0.39, 0.29) is 18.3 Å². The predicted molar refractivity (Wildman–Crippen MR) is 76.8 cm³/mol. The van der Waals surface area contributed by atoms with E-state index in [1.54, 1.807) is 0 Å². The Morgan fingerprint density at radius 1 is 1.00 bits per heavy atom. The Morgan fingerprint density at radius 2 is 1.61 bits per heavy atom. The number of likely N-dealkylation sites (tertiary alicyclic amines) is 1. The fraction of sp³-hybridized carbons (Fsp3) is 0.929. The van der Waals surface area contributed by atoms with Gasteiger partial charge in [0.05, 0.1) is 0 Å². The van der Waals surface area contributed by atoms with E-state index in [1.165, 1.54) is 38.5 Å². The Hall–Kier alpha value is -0.280. The minimum Gasteiger partial charge on any atom is -0.342 e. The zero-order valence-corrected chi connectivity index (χ0v) is 12.1. The first-order chi connectivity index (χ1) is 8.33. The Labute approximate surface area is 117 Å². The first-order valence-electron chi connectivity index (χ1n) is 7.32. The van der Waals surface area contributed by atoms with Crippen molar-refractivity contribution in [2.75, 3.05) is 19.6 Å². The molecule has 1 heterocycles. The Kier molecular flexibility index (Phi) is 7.02. The van der Waals surface area contributed by atoms with Crippen LogP contribution in [-0.2, 0) is 4.79 Å². The van der Waals surface area contributed by atoms with Gasteiger partial charge in [0.25, 0.3) is 0 Å². The molecule has 0 spiro atoms. The molecule has 106 valence electrons. The number of carbonyl (C=O) groups excluding carboxylic acids is 1. The summed E-state index contributed by atoms with van der Waals surface area (Å²) in [4.78, 5) is 14.6. The summed E-state index contributed by atoms with van der Waals surface area (Å²) in [5, 5.41) is 0. The first-order valence-corrected chi connectivity index (χ1v) is 7.32. The average Bonchev–Trinajstić information content (AvgIpc) is 2.75. The number of carbonyl (C=O) groups is 1. The maximum Gasteiger partial charge on any atom is 0.226 e. The number of hydrogen-bond donors (Lipinski definition) is 1. The van der Waals surface area contributed by atoms with Gasteiger partial charge in [-0.1, -0.05) is 25.7 Å². The maximum absolute atomic E-state index is 12.5. The van der Waals surface area contributed by atoms with Gasteiger partial charge in [-0.05, 0) is 38.1 Å². The molecule has 2 N–H and O–H groups in total. The van der Waals surface area contributed by atoms with E-state index in [0.29, 0.717) is 18.4 Å². The molecule has 1 aliphatic carbocycles. The minimum atomic E-state index is 0. The molecule has 1 aliphatic heterocycles. The minimum absolute atomic E-state index is 0. The molecule has 2 rings (SSSR count). The van der Waals surface area contributed by atoms with Gasteiger partial charge in [0.1, 0.15) is 0 Å². The molecule has 0 aromatic heterocycles. The molecule has 1 saturated heterocycles. The van der Waals surface area contributed by atoms with E-state index < -0.39 is 0 Å². The van der Waals surface area contributed by atoms with Crippen LogP contribution in [0.1, 0.15) is 51.4 Å². The molecule has 1 amide bonds. The van der Waals surface area contributed by atoms with E-state index >= 15 is 0 Å². The lowest BCUT2D eigenvalue weighted by Gasteiger charge is -2.29. The largest absolute Gasteiger partial charge is 0.342 e. The van der Waals surface area contributed by atoms with Crippen LogP contribution < -0.4 is 5.73 Å². The molecular formula is C14H27ClN2O. The molecule has 18 heavy (non-hydrogen) atoms. The third-order valence-corrected chi connectivity index (χ3v) is 4.45. The van der Waals surface area contributed by atoms with E-state index in [4.69, 9.17) is 5.73 Å². The Morgan fingerprint density at radius 3 is 2.22 bits per heavy atom. The highest BCUT2D eigenvalue weighted by Gasteiger charge is 2.34. The van der Waals surface area contributed by atoms with E-state index in [1.807, 2.05) is 0 Å². The number of amides is 1. The molecule has 0 radical (unpaired) electrons. The second-order valence-corrected chi connectivity index (χ2v) is 5.63. The fourth-order valence-electron chi connectivity index (χ4n) is 3.35. The van der Waals surface area contributed by atoms with Crippen LogP contribution in [0.2, 0.25) is 0 Å². The van der Waals surface area contributed by atoms with E-state index in [2.05, 4.69) is 4.90 Å². The highest BCUT2D eigenvalue weighted by atomic mass is 35.5. The van der Waals surface area contributed by atoms with Crippen molar-refractivity contribution in [1.82, 2.24) is 4.90 Å². The normalized spacial score (nSPS) is 29.3. The summed E-state index contributed by atoms with van der Waals surface area (Å²) in [5.74, 6) is 1.09. The molecule has 2 atom stereocenters. The van der Waals surface area contributed by atoms with E-state index in [9.17, 15) is 4.79 Å². The topological polar surface area (TPSA) is 46.3 Å². The third-order valence-electron chi connectivity index (χ3n) is 4.45. The summed E-state index contributed by atoms with van der Waals surface area (Å²) >= 11 is 0. The Balaban J connectivity index is 0.00000162. The van der Waals surface area contributed by atoms with Crippen LogP contribution in [0.25, 0.3) is 0 Å². The van der Waals surface area contributed by atoms with Gasteiger partial charge in [0.2, 0.25) is 5.91 Å². The highest BCUT2D eigenvalue weighted by Crippen LogP contribution is 2.32. The number of halogens is 1. The summed E-state index contributed by atoms with van der Waals surface area (Å²) in [7, 11) is 0. The van der Waals surface area contributed by atoms with Crippen molar-refractivity contribution < 1.29 is 4.79 Å². The van der Waals surface area contributed by atoms with Crippen LogP contribution in [0.3, 0.4) is 0 Å². The molecule has 0 unspecified atom stereocenters. The molecule has 0 aromatic rings. The highest BCUT2D eigenvalue weighted by molar-refractivity contribution is 5.85. The standard InChI is InChI=1S/C14H26N2O.ClH/c15-11-12-7-6-8-13(12)14(17)16-9-4-2-1-3-5-10-16;/h12-13H,1-11,15H2;1H/t12-,13-;/m1./s1. The van der Waals surface area contributed by atoms with Gasteiger partial charge in [-0.2, -0.15) is 0 Å². The van der Waals surface area contributed by atoms with Crippen LogP contribution in [0.4, 0.5) is 0 Å². The molecule has 3 nitrogen and oxygen atoms in total. The molecule has 4 heteroatoms. The summed E-state index contributed by atoms with van der Waals surface area (Å²) in [6.07, 6.45) is 9.70.